The van der Waals surface area contributed by atoms with E-state index in [0.29, 0.717) is 19.1 Å². The van der Waals surface area contributed by atoms with Crippen LogP contribution >= 0.6 is 0 Å². The fourth-order valence-corrected chi connectivity index (χ4v) is 3.75. The molecule has 2 aromatic carbocycles. The zero-order valence-corrected chi connectivity index (χ0v) is 19.4. The Kier molecular flexibility index (Phi) is 7.71. The van der Waals surface area contributed by atoms with E-state index in [2.05, 4.69) is 20.9 Å². The van der Waals surface area contributed by atoms with E-state index in [1.165, 1.54) is 12.1 Å². The molecule has 3 aromatic rings. The lowest BCUT2D eigenvalue weighted by atomic mass is 10.1. The minimum Gasteiger partial charge on any atom is -0.381 e. The van der Waals surface area contributed by atoms with Gasteiger partial charge in [0.1, 0.15) is 11.6 Å². The summed E-state index contributed by atoms with van der Waals surface area (Å²) in [6.45, 7) is -0.00926. The zero-order chi connectivity index (χ0) is 27.4. The van der Waals surface area contributed by atoms with Crippen molar-refractivity contribution in [1.29, 1.82) is 0 Å². The van der Waals surface area contributed by atoms with Crippen LogP contribution in [0.4, 0.5) is 33.3 Å². The highest BCUT2D eigenvalue weighted by Crippen LogP contribution is 2.36. The summed E-state index contributed by atoms with van der Waals surface area (Å²) in [5.41, 5.74) is -0.329. The Hall–Kier alpha value is -4.33. The third-order valence-corrected chi connectivity index (χ3v) is 5.66. The summed E-state index contributed by atoms with van der Waals surface area (Å²) in [6, 6.07) is 6.40. The highest BCUT2D eigenvalue weighted by Gasteiger charge is 2.34. The Morgan fingerprint density at radius 2 is 1.92 bits per heavy atom. The first-order valence-corrected chi connectivity index (χ1v) is 11.2. The number of nitrogens with one attached hydrogen (secondary N) is 3. The van der Waals surface area contributed by atoms with Crippen molar-refractivity contribution >= 4 is 23.2 Å². The molecule has 9 nitrogen and oxygen atoms in total. The predicted octanol–water partition coefficient (Wildman–Crippen LogP) is 3.52. The molecule has 0 saturated carbocycles. The van der Waals surface area contributed by atoms with E-state index >= 15 is 4.39 Å². The monoisotopic (exact) mass is 537 g/mol. The van der Waals surface area contributed by atoms with Crippen LogP contribution in [0.25, 0.3) is 0 Å². The molecule has 0 aliphatic carbocycles. The van der Waals surface area contributed by atoms with E-state index in [-0.39, 0.29) is 23.4 Å². The maximum absolute atomic E-state index is 15.0. The molecule has 1 atom stereocenters. The highest BCUT2D eigenvalue weighted by molar-refractivity contribution is 5.95. The molecule has 2 heterocycles. The van der Waals surface area contributed by atoms with E-state index < -0.39 is 58.9 Å². The Labute approximate surface area is 211 Å². The lowest BCUT2D eigenvalue weighted by Gasteiger charge is -2.26. The van der Waals surface area contributed by atoms with Crippen molar-refractivity contribution < 1.29 is 36.3 Å². The van der Waals surface area contributed by atoms with Gasteiger partial charge in [0.15, 0.2) is 0 Å². The van der Waals surface area contributed by atoms with Crippen molar-refractivity contribution in [2.45, 2.75) is 19.1 Å². The van der Waals surface area contributed by atoms with Crippen molar-refractivity contribution in [2.24, 2.45) is 5.92 Å². The summed E-state index contributed by atoms with van der Waals surface area (Å²) in [7, 11) is 0. The van der Waals surface area contributed by atoms with Gasteiger partial charge in [0, 0.05) is 23.9 Å². The molecule has 4 rings (SSSR count). The van der Waals surface area contributed by atoms with Gasteiger partial charge in [0.05, 0.1) is 42.1 Å². The molecule has 1 fully saturated rings. The number of hydrogen-bond donors (Lipinski definition) is 3. The molecule has 0 bridgehead atoms. The van der Waals surface area contributed by atoms with Crippen LogP contribution in [0, 0.1) is 17.6 Å². The van der Waals surface area contributed by atoms with Crippen LogP contribution in [-0.4, -0.2) is 40.2 Å². The standard InChI is InChI=1S/C24H20F5N5O4/c25-16-2-4-20(18(8-16)24(27,28)29)31-17-3-1-13(19(26)9-17)11-34(23(37)14-5-6-38-12-14)33-22(36)15-7-21(35)32-30-10-15/h1-4,7-10,14,31H,5-6,11-12H2,(H,32,35)(H,33,36)/t14-/m1/s1. The molecular formula is C24H20F5N5O4. The number of rotatable bonds is 6. The van der Waals surface area contributed by atoms with Gasteiger partial charge in [-0.25, -0.2) is 18.9 Å². The number of ether oxygens (including phenoxy) is 1. The van der Waals surface area contributed by atoms with Crippen LogP contribution < -0.4 is 16.3 Å². The number of hydrogen-bond acceptors (Lipinski definition) is 6. The minimum absolute atomic E-state index is 0.0657. The van der Waals surface area contributed by atoms with Gasteiger partial charge in [0.25, 0.3) is 11.5 Å². The number of anilines is 2. The number of alkyl halides is 3. The molecule has 1 aliphatic rings. The number of amides is 2. The smallest absolute Gasteiger partial charge is 0.381 e. The summed E-state index contributed by atoms with van der Waals surface area (Å²) in [5, 5.41) is 8.94. The SMILES string of the molecule is O=C(NN(Cc1ccc(Nc2ccc(F)cc2C(F)(F)F)cc1F)C(=O)[C@@H]1CCOC1)c1cn[nH]c(=O)c1. The van der Waals surface area contributed by atoms with Gasteiger partial charge in [-0.2, -0.15) is 18.3 Å². The molecule has 0 unspecified atom stereocenters. The maximum atomic E-state index is 15.0. The van der Waals surface area contributed by atoms with E-state index in [1.54, 1.807) is 0 Å². The fraction of sp³-hybridized carbons (Fsp3) is 0.250. The number of carbonyl (C=O) groups excluding carboxylic acids is 2. The predicted molar refractivity (Wildman–Crippen MR) is 123 cm³/mol. The Balaban J connectivity index is 1.56. The fourth-order valence-electron chi connectivity index (χ4n) is 3.75. The average Bonchev–Trinajstić information content (AvgIpc) is 3.40. The topological polar surface area (TPSA) is 116 Å². The van der Waals surface area contributed by atoms with E-state index in [1.807, 2.05) is 0 Å². The van der Waals surface area contributed by atoms with Gasteiger partial charge < -0.3 is 10.1 Å². The number of nitrogens with zero attached hydrogens (tertiary/aromatic N) is 2. The minimum atomic E-state index is -4.86. The van der Waals surface area contributed by atoms with Gasteiger partial charge in [-0.1, -0.05) is 6.07 Å². The van der Waals surface area contributed by atoms with E-state index in [9.17, 15) is 31.9 Å². The molecule has 3 N–H and O–H groups in total. The van der Waals surface area contributed by atoms with Crippen molar-refractivity contribution in [3.63, 3.8) is 0 Å². The van der Waals surface area contributed by atoms with Crippen molar-refractivity contribution in [3.05, 3.63) is 87.3 Å². The van der Waals surface area contributed by atoms with Gasteiger partial charge >= 0.3 is 6.18 Å². The second-order valence-corrected chi connectivity index (χ2v) is 8.38. The van der Waals surface area contributed by atoms with E-state index in [4.69, 9.17) is 4.74 Å². The Morgan fingerprint density at radius 1 is 1.13 bits per heavy atom. The first-order chi connectivity index (χ1) is 18.0. The molecule has 200 valence electrons. The third-order valence-electron chi connectivity index (χ3n) is 5.66. The lowest BCUT2D eigenvalue weighted by molar-refractivity contribution is -0.139. The molecule has 1 aromatic heterocycles. The first kappa shape index (κ1) is 26.7. The summed E-state index contributed by atoms with van der Waals surface area (Å²) < 4.78 is 73.5. The Bertz CT molecular complexity index is 1410. The van der Waals surface area contributed by atoms with Crippen LogP contribution in [0.1, 0.15) is 27.9 Å². The highest BCUT2D eigenvalue weighted by atomic mass is 19.4. The lowest BCUT2D eigenvalue weighted by Crippen LogP contribution is -2.48. The molecule has 14 heteroatoms. The largest absolute Gasteiger partial charge is 0.418 e. The average molecular weight is 537 g/mol. The van der Waals surface area contributed by atoms with Crippen LogP contribution in [-0.2, 0) is 22.3 Å². The molecule has 38 heavy (non-hydrogen) atoms. The van der Waals surface area contributed by atoms with Crippen molar-refractivity contribution in [2.75, 3.05) is 18.5 Å². The molecule has 0 spiro atoms. The van der Waals surface area contributed by atoms with Crippen molar-refractivity contribution in [1.82, 2.24) is 20.6 Å². The third kappa shape index (κ3) is 6.32. The normalized spacial score (nSPS) is 15.2. The summed E-state index contributed by atoms with van der Waals surface area (Å²) >= 11 is 0. The first-order valence-electron chi connectivity index (χ1n) is 11.2. The number of aromatic amines is 1. The summed E-state index contributed by atoms with van der Waals surface area (Å²) in [4.78, 5) is 37.2. The number of carbonyl (C=O) groups is 2. The summed E-state index contributed by atoms with van der Waals surface area (Å²) in [5.74, 6) is -3.98. The number of H-pyrrole nitrogens is 1. The molecule has 1 saturated heterocycles. The zero-order valence-electron chi connectivity index (χ0n) is 19.4. The maximum Gasteiger partial charge on any atom is 0.418 e. The molecule has 0 radical (unpaired) electrons. The molecule has 1 aliphatic heterocycles. The van der Waals surface area contributed by atoms with Gasteiger partial charge in [-0.05, 0) is 36.8 Å². The summed E-state index contributed by atoms with van der Waals surface area (Å²) in [6.07, 6.45) is -3.41. The molecule has 2 amide bonds. The quantitative estimate of drug-likeness (QED) is 0.327. The number of hydrazine groups is 1. The van der Waals surface area contributed by atoms with E-state index in [0.717, 1.165) is 35.5 Å². The van der Waals surface area contributed by atoms with Crippen LogP contribution in [0.3, 0.4) is 0 Å². The van der Waals surface area contributed by atoms with Crippen molar-refractivity contribution in [3.8, 4) is 0 Å². The van der Waals surface area contributed by atoms with Gasteiger partial charge in [-0.15, -0.1) is 0 Å². The Morgan fingerprint density at radius 3 is 2.58 bits per heavy atom. The van der Waals surface area contributed by atoms with Crippen LogP contribution in [0.5, 0.6) is 0 Å². The number of halogens is 5. The van der Waals surface area contributed by atoms with Crippen LogP contribution in [0.15, 0.2) is 53.5 Å². The molecular weight excluding hydrogens is 517 g/mol. The van der Waals surface area contributed by atoms with Gasteiger partial charge in [-0.3, -0.25) is 19.8 Å². The van der Waals surface area contributed by atoms with Gasteiger partial charge in [0.2, 0.25) is 5.91 Å². The van der Waals surface area contributed by atoms with Crippen LogP contribution in [0.2, 0.25) is 0 Å². The number of benzene rings is 2. The number of aromatic nitrogens is 2. The second kappa shape index (κ2) is 11.0. The second-order valence-electron chi connectivity index (χ2n) is 8.38.